The minimum atomic E-state index is -0.364. The Morgan fingerprint density at radius 1 is 1.15 bits per heavy atom. The number of aliphatic imine (C=N–C) groups is 1. The van der Waals surface area contributed by atoms with E-state index in [-0.39, 0.29) is 34.9 Å². The second kappa shape index (κ2) is 8.72. The van der Waals surface area contributed by atoms with Gasteiger partial charge in [0, 0.05) is 48.6 Å². The number of fused-ring (bicyclic) bond motifs is 5. The van der Waals surface area contributed by atoms with Crippen molar-refractivity contribution in [1.29, 1.82) is 0 Å². The standard InChI is InChI=1S/C28H36ClFN2O2/c1-27-14-11-20-17(7-10-24-28(20,2)15-12-25(33)32(24)3)19(27)8-9-21(27)26(34)31-16-13-18-22(29)5-4-6-23(18)30/h4-6,16-17,19-21,24H,7-15H2,1-3H3/t17-,19-,20+,21?,24?,27-,28+/m0/s1. The average molecular weight is 487 g/mol. The fourth-order valence-electron chi connectivity index (χ4n) is 8.60. The highest BCUT2D eigenvalue weighted by Crippen LogP contribution is 2.66. The molecule has 0 spiro atoms. The first-order valence-electron chi connectivity index (χ1n) is 12.9. The first kappa shape index (κ1) is 24.0. The van der Waals surface area contributed by atoms with Gasteiger partial charge in [0.05, 0.1) is 0 Å². The molecule has 1 aliphatic heterocycles. The predicted octanol–water partition coefficient (Wildman–Crippen LogP) is 6.10. The number of nitrogens with zero attached hydrogens (tertiary/aromatic N) is 2. The molecule has 5 rings (SSSR count). The van der Waals surface area contributed by atoms with Crippen molar-refractivity contribution >= 4 is 29.6 Å². The van der Waals surface area contributed by atoms with Gasteiger partial charge in [-0.15, -0.1) is 0 Å². The molecular formula is C28H36ClFN2O2. The third-order valence-corrected chi connectivity index (χ3v) is 10.8. The van der Waals surface area contributed by atoms with Crippen LogP contribution >= 0.6 is 11.6 Å². The molecule has 2 unspecified atom stereocenters. The Bertz CT molecular complexity index is 1010. The molecule has 0 radical (unpaired) electrons. The molecule has 3 aliphatic carbocycles. The fraction of sp³-hybridized carbons (Fsp3) is 0.679. The van der Waals surface area contributed by atoms with Gasteiger partial charge >= 0.3 is 0 Å². The highest BCUT2D eigenvalue weighted by molar-refractivity contribution is 6.31. The number of piperidine rings is 1. The Hall–Kier alpha value is -1.75. The van der Waals surface area contributed by atoms with Crippen molar-refractivity contribution in [2.24, 2.45) is 39.5 Å². The Labute approximate surface area is 207 Å². The topological polar surface area (TPSA) is 49.7 Å². The van der Waals surface area contributed by atoms with Crippen molar-refractivity contribution in [1.82, 2.24) is 4.90 Å². The monoisotopic (exact) mass is 486 g/mol. The van der Waals surface area contributed by atoms with Gasteiger partial charge in [0.2, 0.25) is 11.8 Å². The highest BCUT2D eigenvalue weighted by Gasteiger charge is 2.62. The van der Waals surface area contributed by atoms with Crippen LogP contribution in [0.25, 0.3) is 0 Å². The van der Waals surface area contributed by atoms with E-state index in [1.54, 1.807) is 12.1 Å². The molecule has 184 valence electrons. The minimum absolute atomic E-state index is 0.0230. The molecule has 6 heteroatoms. The maximum atomic E-state index is 14.1. The molecule has 1 aromatic rings. The van der Waals surface area contributed by atoms with Crippen molar-refractivity contribution < 1.29 is 14.0 Å². The summed E-state index contributed by atoms with van der Waals surface area (Å²) in [5, 5.41) is 0.365. The number of hydrogen-bond donors (Lipinski definition) is 0. The zero-order valence-electron chi connectivity index (χ0n) is 20.5. The van der Waals surface area contributed by atoms with Crippen molar-refractivity contribution in [3.63, 3.8) is 0 Å². The van der Waals surface area contributed by atoms with Gasteiger partial charge in [0.1, 0.15) is 5.82 Å². The second-order valence-electron chi connectivity index (χ2n) is 11.7. The Morgan fingerprint density at radius 3 is 2.68 bits per heavy atom. The van der Waals surface area contributed by atoms with Crippen LogP contribution in [0, 0.1) is 40.3 Å². The summed E-state index contributed by atoms with van der Waals surface area (Å²) in [6.45, 7) is 4.74. The molecule has 4 fully saturated rings. The number of likely N-dealkylation sites (tertiary alicyclic amines) is 1. The molecule has 1 heterocycles. The van der Waals surface area contributed by atoms with Crippen molar-refractivity contribution in [2.45, 2.75) is 77.7 Å². The highest BCUT2D eigenvalue weighted by atomic mass is 35.5. The molecule has 0 bridgehead atoms. The zero-order valence-corrected chi connectivity index (χ0v) is 21.3. The molecule has 3 saturated carbocycles. The molecule has 34 heavy (non-hydrogen) atoms. The summed E-state index contributed by atoms with van der Waals surface area (Å²) >= 11 is 6.12. The smallest absolute Gasteiger partial charge is 0.249 e. The summed E-state index contributed by atoms with van der Waals surface area (Å²) in [7, 11) is 1.99. The Balaban J connectivity index is 1.31. The van der Waals surface area contributed by atoms with Crippen LogP contribution in [-0.4, -0.2) is 36.0 Å². The van der Waals surface area contributed by atoms with Crippen LogP contribution in [0.1, 0.15) is 70.8 Å². The van der Waals surface area contributed by atoms with Crippen molar-refractivity contribution in [2.75, 3.05) is 7.05 Å². The first-order valence-corrected chi connectivity index (χ1v) is 13.3. The molecule has 1 saturated heterocycles. The van der Waals surface area contributed by atoms with Gasteiger partial charge in [-0.05, 0) is 85.7 Å². The van der Waals surface area contributed by atoms with Crippen LogP contribution in [0.4, 0.5) is 4.39 Å². The SMILES string of the molecule is CN1C(=O)CC[C@@]2(C)C1CC[C@@H]1[C@H]2CC[C@]2(C)C(C(=O)N=CCc3c(F)cccc3Cl)CC[C@@H]12. The van der Waals surface area contributed by atoms with E-state index >= 15 is 0 Å². The third-order valence-electron chi connectivity index (χ3n) is 10.4. The molecule has 1 aromatic carbocycles. The number of halogens is 2. The van der Waals surface area contributed by atoms with Crippen LogP contribution < -0.4 is 0 Å². The lowest BCUT2D eigenvalue weighted by Gasteiger charge is -2.61. The number of benzene rings is 1. The summed E-state index contributed by atoms with van der Waals surface area (Å²) < 4.78 is 14.1. The van der Waals surface area contributed by atoms with Crippen LogP contribution in [0.2, 0.25) is 5.02 Å². The van der Waals surface area contributed by atoms with Gasteiger partial charge in [0.25, 0.3) is 0 Å². The summed E-state index contributed by atoms with van der Waals surface area (Å²) in [4.78, 5) is 31.9. The number of carbonyl (C=O) groups excluding carboxylic acids is 2. The van der Waals surface area contributed by atoms with E-state index in [4.69, 9.17) is 11.6 Å². The third kappa shape index (κ3) is 3.65. The van der Waals surface area contributed by atoms with Gasteiger partial charge in [0.15, 0.2) is 0 Å². The van der Waals surface area contributed by atoms with Gasteiger partial charge in [-0.1, -0.05) is 31.5 Å². The number of carbonyl (C=O) groups is 2. The summed E-state index contributed by atoms with van der Waals surface area (Å²) in [5.74, 6) is 1.60. The van der Waals surface area contributed by atoms with Gasteiger partial charge in [-0.3, -0.25) is 9.59 Å². The Morgan fingerprint density at radius 2 is 1.91 bits per heavy atom. The lowest BCUT2D eigenvalue weighted by Crippen LogP contribution is -2.61. The fourth-order valence-corrected chi connectivity index (χ4v) is 8.84. The minimum Gasteiger partial charge on any atom is -0.342 e. The van der Waals surface area contributed by atoms with E-state index in [0.29, 0.717) is 46.7 Å². The van der Waals surface area contributed by atoms with Crippen molar-refractivity contribution in [3.05, 3.63) is 34.6 Å². The van der Waals surface area contributed by atoms with E-state index in [9.17, 15) is 14.0 Å². The molecular weight excluding hydrogens is 451 g/mol. The molecule has 4 aliphatic rings. The predicted molar refractivity (Wildman–Crippen MR) is 132 cm³/mol. The van der Waals surface area contributed by atoms with Crippen LogP contribution in [-0.2, 0) is 16.0 Å². The number of hydrogen-bond acceptors (Lipinski definition) is 2. The average Bonchev–Trinajstić information content (AvgIpc) is 3.16. The lowest BCUT2D eigenvalue weighted by molar-refractivity contribution is -0.159. The molecule has 7 atom stereocenters. The summed E-state index contributed by atoms with van der Waals surface area (Å²) in [5.41, 5.74) is 0.550. The maximum absolute atomic E-state index is 14.1. The van der Waals surface area contributed by atoms with E-state index in [1.165, 1.54) is 12.3 Å². The maximum Gasteiger partial charge on any atom is 0.249 e. The van der Waals surface area contributed by atoms with Crippen molar-refractivity contribution in [3.8, 4) is 0 Å². The Kier molecular flexibility index (Phi) is 6.15. The van der Waals surface area contributed by atoms with E-state index < -0.39 is 0 Å². The molecule has 4 nitrogen and oxygen atoms in total. The quantitative estimate of drug-likeness (QED) is 0.485. The van der Waals surface area contributed by atoms with E-state index in [2.05, 4.69) is 18.8 Å². The lowest BCUT2D eigenvalue weighted by atomic mass is 9.47. The molecule has 2 amide bonds. The second-order valence-corrected chi connectivity index (χ2v) is 12.1. The van der Waals surface area contributed by atoms with Gasteiger partial charge in [-0.25, -0.2) is 9.38 Å². The van der Waals surface area contributed by atoms with Crippen LogP contribution in [0.15, 0.2) is 23.2 Å². The van der Waals surface area contributed by atoms with Gasteiger partial charge < -0.3 is 4.90 Å². The largest absolute Gasteiger partial charge is 0.342 e. The molecule has 0 aromatic heterocycles. The van der Waals surface area contributed by atoms with E-state index in [1.807, 2.05) is 11.9 Å². The number of amides is 2. The van der Waals surface area contributed by atoms with E-state index in [0.717, 1.165) is 44.9 Å². The van der Waals surface area contributed by atoms with Gasteiger partial charge in [-0.2, -0.15) is 0 Å². The first-order chi connectivity index (χ1) is 16.2. The summed E-state index contributed by atoms with van der Waals surface area (Å²) in [6, 6.07) is 4.98. The zero-order chi connectivity index (χ0) is 24.3. The normalized spacial score (nSPS) is 39.6. The number of rotatable bonds is 3. The molecule has 0 N–H and O–H groups in total. The van der Waals surface area contributed by atoms with Crippen LogP contribution in [0.3, 0.4) is 0 Å². The van der Waals surface area contributed by atoms with Crippen LogP contribution in [0.5, 0.6) is 0 Å². The summed E-state index contributed by atoms with van der Waals surface area (Å²) in [6.07, 6.45) is 9.79.